The first-order chi connectivity index (χ1) is 11.8. The van der Waals surface area contributed by atoms with Crippen molar-refractivity contribution in [1.29, 1.82) is 0 Å². The SMILES string of the molecule is CC[C@]1(C)NC(=O)N(NC(=O)c2nn(C)c(=O)c3ccccc23)C1=O. The molecule has 0 bridgehead atoms. The third kappa shape index (κ3) is 2.53. The number of hydrazine groups is 1. The summed E-state index contributed by atoms with van der Waals surface area (Å²) in [5, 5.41) is 7.82. The van der Waals surface area contributed by atoms with E-state index in [2.05, 4.69) is 15.8 Å². The molecule has 1 aliphatic heterocycles. The molecule has 3 rings (SSSR count). The highest BCUT2D eigenvalue weighted by atomic mass is 16.2. The quantitative estimate of drug-likeness (QED) is 0.778. The predicted octanol–water partition coefficient (Wildman–Crippen LogP) is 0.299. The van der Waals surface area contributed by atoms with Crippen LogP contribution in [0.2, 0.25) is 0 Å². The monoisotopic (exact) mass is 343 g/mol. The number of nitrogens with zero attached hydrogens (tertiary/aromatic N) is 3. The standard InChI is InChI=1S/C16H17N5O4/c1-4-16(2)14(24)21(15(25)17-16)19-12(22)11-9-7-5-6-8-10(9)13(23)20(3)18-11/h5-8H,4H2,1-3H3,(H,17,25)(H,19,22)/t16-/m0/s1. The number of nitrogens with one attached hydrogen (secondary N) is 2. The molecule has 2 heterocycles. The second-order valence-corrected chi connectivity index (χ2v) is 6.02. The Morgan fingerprint density at radius 1 is 1.24 bits per heavy atom. The summed E-state index contributed by atoms with van der Waals surface area (Å²) in [7, 11) is 1.42. The maximum Gasteiger partial charge on any atom is 0.344 e. The molecule has 0 radical (unpaired) electrons. The van der Waals surface area contributed by atoms with Crippen molar-refractivity contribution in [2.24, 2.45) is 7.05 Å². The number of hydrogen-bond donors (Lipinski definition) is 2. The van der Waals surface area contributed by atoms with Gasteiger partial charge < -0.3 is 5.32 Å². The average Bonchev–Trinajstić information content (AvgIpc) is 2.82. The third-order valence-corrected chi connectivity index (χ3v) is 4.35. The highest BCUT2D eigenvalue weighted by Crippen LogP contribution is 2.20. The average molecular weight is 343 g/mol. The number of imide groups is 1. The van der Waals surface area contributed by atoms with Crippen molar-refractivity contribution in [3.05, 3.63) is 40.3 Å². The number of hydrogen-bond acceptors (Lipinski definition) is 5. The van der Waals surface area contributed by atoms with Gasteiger partial charge in [-0.2, -0.15) is 10.1 Å². The van der Waals surface area contributed by atoms with E-state index < -0.39 is 23.4 Å². The highest BCUT2D eigenvalue weighted by molar-refractivity contribution is 6.11. The van der Waals surface area contributed by atoms with Crippen LogP contribution in [0.15, 0.2) is 29.1 Å². The molecule has 130 valence electrons. The Morgan fingerprint density at radius 2 is 1.88 bits per heavy atom. The molecule has 0 spiro atoms. The zero-order chi connectivity index (χ0) is 18.4. The van der Waals surface area contributed by atoms with Crippen LogP contribution in [0.3, 0.4) is 0 Å². The number of benzene rings is 1. The number of aromatic nitrogens is 2. The minimum atomic E-state index is -1.07. The first kappa shape index (κ1) is 16.6. The van der Waals surface area contributed by atoms with Crippen LogP contribution < -0.4 is 16.3 Å². The van der Waals surface area contributed by atoms with Gasteiger partial charge in [-0.1, -0.05) is 25.1 Å². The van der Waals surface area contributed by atoms with Crippen molar-refractivity contribution >= 4 is 28.6 Å². The summed E-state index contributed by atoms with van der Waals surface area (Å²) >= 11 is 0. The van der Waals surface area contributed by atoms with E-state index in [1.54, 1.807) is 38.1 Å². The lowest BCUT2D eigenvalue weighted by atomic mass is 10.00. The zero-order valence-corrected chi connectivity index (χ0v) is 14.0. The second-order valence-electron chi connectivity index (χ2n) is 6.02. The molecule has 1 atom stereocenters. The molecule has 9 nitrogen and oxygen atoms in total. The summed E-state index contributed by atoms with van der Waals surface area (Å²) in [4.78, 5) is 49.1. The van der Waals surface area contributed by atoms with Crippen LogP contribution >= 0.6 is 0 Å². The number of rotatable bonds is 3. The van der Waals surface area contributed by atoms with E-state index in [0.29, 0.717) is 22.2 Å². The summed E-state index contributed by atoms with van der Waals surface area (Å²) in [5.74, 6) is -1.31. The summed E-state index contributed by atoms with van der Waals surface area (Å²) in [6.45, 7) is 3.34. The number of carbonyl (C=O) groups excluding carboxylic acids is 3. The molecule has 1 saturated heterocycles. The van der Waals surface area contributed by atoms with Crippen molar-refractivity contribution < 1.29 is 14.4 Å². The van der Waals surface area contributed by atoms with Gasteiger partial charge >= 0.3 is 6.03 Å². The zero-order valence-electron chi connectivity index (χ0n) is 14.0. The lowest BCUT2D eigenvalue weighted by molar-refractivity contribution is -0.132. The molecule has 1 aliphatic rings. The van der Waals surface area contributed by atoms with Gasteiger partial charge in [-0.3, -0.25) is 19.8 Å². The number of amides is 4. The molecule has 1 aromatic carbocycles. The van der Waals surface area contributed by atoms with E-state index in [9.17, 15) is 19.2 Å². The molecule has 0 aliphatic carbocycles. The maximum absolute atomic E-state index is 12.6. The Kier molecular flexibility index (Phi) is 3.78. The fourth-order valence-electron chi connectivity index (χ4n) is 2.65. The van der Waals surface area contributed by atoms with Crippen LogP contribution in [0.5, 0.6) is 0 Å². The predicted molar refractivity (Wildman–Crippen MR) is 88.5 cm³/mol. The smallest absolute Gasteiger partial charge is 0.322 e. The van der Waals surface area contributed by atoms with Crippen LogP contribution in [0.1, 0.15) is 30.8 Å². The van der Waals surface area contributed by atoms with Gasteiger partial charge in [0.25, 0.3) is 17.4 Å². The molecule has 9 heteroatoms. The molecule has 2 N–H and O–H groups in total. The first-order valence-corrected chi connectivity index (χ1v) is 7.72. The molecule has 0 saturated carbocycles. The van der Waals surface area contributed by atoms with Gasteiger partial charge in [-0.25, -0.2) is 9.48 Å². The number of carbonyl (C=O) groups is 3. The van der Waals surface area contributed by atoms with Gasteiger partial charge in [0, 0.05) is 12.4 Å². The third-order valence-electron chi connectivity index (χ3n) is 4.35. The van der Waals surface area contributed by atoms with E-state index >= 15 is 0 Å². The van der Waals surface area contributed by atoms with E-state index in [0.717, 1.165) is 4.68 Å². The van der Waals surface area contributed by atoms with Crippen LogP contribution in [-0.4, -0.2) is 38.2 Å². The van der Waals surface area contributed by atoms with Gasteiger partial charge in [-0.15, -0.1) is 0 Å². The Bertz CT molecular complexity index is 967. The molecule has 0 unspecified atom stereocenters. The number of aryl methyl sites for hydroxylation is 1. The van der Waals surface area contributed by atoms with Crippen LogP contribution in [0, 0.1) is 0 Å². The second kappa shape index (κ2) is 5.69. The largest absolute Gasteiger partial charge is 0.344 e. The summed E-state index contributed by atoms with van der Waals surface area (Å²) in [5.41, 5.74) is 0.813. The molecule has 2 aromatic rings. The first-order valence-electron chi connectivity index (χ1n) is 7.72. The molecule has 1 aromatic heterocycles. The van der Waals surface area contributed by atoms with E-state index in [-0.39, 0.29) is 11.3 Å². The summed E-state index contributed by atoms with van der Waals surface area (Å²) in [6, 6.07) is 5.80. The van der Waals surface area contributed by atoms with Crippen molar-refractivity contribution in [2.75, 3.05) is 0 Å². The fraction of sp³-hybridized carbons (Fsp3) is 0.312. The van der Waals surface area contributed by atoms with Crippen molar-refractivity contribution in [2.45, 2.75) is 25.8 Å². The summed E-state index contributed by atoms with van der Waals surface area (Å²) < 4.78 is 1.04. The van der Waals surface area contributed by atoms with Crippen molar-refractivity contribution in [1.82, 2.24) is 25.5 Å². The molecule has 25 heavy (non-hydrogen) atoms. The van der Waals surface area contributed by atoms with Gasteiger partial charge in [0.05, 0.1) is 5.39 Å². The minimum Gasteiger partial charge on any atom is -0.322 e. The summed E-state index contributed by atoms with van der Waals surface area (Å²) in [6.07, 6.45) is 0.380. The van der Waals surface area contributed by atoms with Gasteiger partial charge in [0.15, 0.2) is 5.69 Å². The number of fused-ring (bicyclic) bond motifs is 1. The van der Waals surface area contributed by atoms with Gasteiger partial charge in [0.1, 0.15) is 5.54 Å². The molecule has 1 fully saturated rings. The minimum absolute atomic E-state index is 0.0524. The Labute approximate surface area is 142 Å². The van der Waals surface area contributed by atoms with E-state index in [1.807, 2.05) is 0 Å². The van der Waals surface area contributed by atoms with E-state index in [4.69, 9.17) is 0 Å². The van der Waals surface area contributed by atoms with Crippen molar-refractivity contribution in [3.8, 4) is 0 Å². The normalized spacial score (nSPS) is 20.0. The lowest BCUT2D eigenvalue weighted by Gasteiger charge is -2.19. The Hall–Kier alpha value is -3.23. The van der Waals surface area contributed by atoms with E-state index in [1.165, 1.54) is 7.05 Å². The van der Waals surface area contributed by atoms with Gasteiger partial charge in [-0.05, 0) is 19.4 Å². The van der Waals surface area contributed by atoms with Crippen LogP contribution in [0.4, 0.5) is 4.79 Å². The topological polar surface area (TPSA) is 113 Å². The van der Waals surface area contributed by atoms with Crippen molar-refractivity contribution in [3.63, 3.8) is 0 Å². The Balaban J connectivity index is 1.99. The molecular formula is C16H17N5O4. The van der Waals surface area contributed by atoms with Gasteiger partial charge in [0.2, 0.25) is 0 Å². The fourth-order valence-corrected chi connectivity index (χ4v) is 2.65. The highest BCUT2D eigenvalue weighted by Gasteiger charge is 2.47. The van der Waals surface area contributed by atoms with Crippen LogP contribution in [0.25, 0.3) is 10.8 Å². The lowest BCUT2D eigenvalue weighted by Crippen LogP contribution is -2.49. The number of urea groups is 1. The maximum atomic E-state index is 12.6. The van der Waals surface area contributed by atoms with Crippen LogP contribution in [-0.2, 0) is 11.8 Å². The molecule has 4 amide bonds. The molecular weight excluding hydrogens is 326 g/mol. The Morgan fingerprint density at radius 3 is 2.48 bits per heavy atom.